The molecule has 2 atom stereocenters. The molecule has 1 saturated carbocycles. The van der Waals surface area contributed by atoms with E-state index in [2.05, 4.69) is 11.9 Å². The lowest BCUT2D eigenvalue weighted by atomic mass is 10.0. The molecule has 1 aliphatic rings. The fraction of sp³-hybridized carbons (Fsp3) is 0.571. The molecule has 1 fully saturated rings. The van der Waals surface area contributed by atoms with Crippen LogP contribution in [0.4, 0.5) is 0 Å². The van der Waals surface area contributed by atoms with Gasteiger partial charge in [0.05, 0.1) is 0 Å². The van der Waals surface area contributed by atoms with Gasteiger partial charge in [-0.1, -0.05) is 12.5 Å². The topological polar surface area (TPSA) is 69.7 Å². The van der Waals surface area contributed by atoms with E-state index in [1.165, 1.54) is 25.3 Å². The molecule has 1 aromatic carbocycles. The van der Waals surface area contributed by atoms with E-state index in [4.69, 9.17) is 5.73 Å². The minimum atomic E-state index is 0.0969. The highest BCUT2D eigenvalue weighted by Gasteiger charge is 2.29. The summed E-state index contributed by atoms with van der Waals surface area (Å²) in [5.41, 5.74) is 6.64. The molecule has 0 aromatic heterocycles. The zero-order chi connectivity index (χ0) is 13.1. The fourth-order valence-electron chi connectivity index (χ4n) is 2.94. The third kappa shape index (κ3) is 2.76. The Morgan fingerprint density at radius 3 is 2.78 bits per heavy atom. The van der Waals surface area contributed by atoms with Crippen molar-refractivity contribution in [3.63, 3.8) is 0 Å². The molecule has 0 spiro atoms. The number of nitrogens with two attached hydrogens (primary N) is 1. The maximum Gasteiger partial charge on any atom is 0.123 e. The summed E-state index contributed by atoms with van der Waals surface area (Å²) in [6, 6.07) is 5.27. The van der Waals surface area contributed by atoms with Crippen molar-refractivity contribution in [2.45, 2.75) is 31.8 Å². The van der Waals surface area contributed by atoms with E-state index in [-0.39, 0.29) is 11.5 Å². The van der Waals surface area contributed by atoms with Crippen molar-refractivity contribution in [3.05, 3.63) is 23.8 Å². The maximum absolute atomic E-state index is 9.79. The van der Waals surface area contributed by atoms with Gasteiger partial charge in [-0.15, -0.1) is 0 Å². The highest BCUT2D eigenvalue weighted by atomic mass is 16.3. The van der Waals surface area contributed by atoms with Crippen LogP contribution in [0, 0.1) is 5.92 Å². The lowest BCUT2D eigenvalue weighted by Gasteiger charge is -2.29. The van der Waals surface area contributed by atoms with Gasteiger partial charge in [-0.05, 0) is 38.4 Å². The first kappa shape index (κ1) is 13.2. The Labute approximate surface area is 108 Å². The van der Waals surface area contributed by atoms with E-state index in [0.29, 0.717) is 18.5 Å². The second-order valence-electron chi connectivity index (χ2n) is 5.22. The summed E-state index contributed by atoms with van der Waals surface area (Å²) in [6.07, 6.45) is 3.61. The Hall–Kier alpha value is -1.26. The van der Waals surface area contributed by atoms with Crippen molar-refractivity contribution < 1.29 is 10.2 Å². The van der Waals surface area contributed by atoms with E-state index in [1.54, 1.807) is 12.1 Å². The molecule has 0 saturated heterocycles. The molecule has 0 heterocycles. The second-order valence-corrected chi connectivity index (χ2v) is 5.22. The number of rotatable bonds is 4. The van der Waals surface area contributed by atoms with Gasteiger partial charge in [-0.3, -0.25) is 4.90 Å². The van der Waals surface area contributed by atoms with Crippen molar-refractivity contribution >= 4 is 0 Å². The van der Waals surface area contributed by atoms with Crippen LogP contribution < -0.4 is 5.73 Å². The quantitative estimate of drug-likeness (QED) is 0.760. The van der Waals surface area contributed by atoms with Gasteiger partial charge < -0.3 is 15.9 Å². The number of aromatic hydroxyl groups is 2. The molecule has 4 N–H and O–H groups in total. The number of hydrogen-bond acceptors (Lipinski definition) is 4. The predicted octanol–water partition coefficient (Wildman–Crippen LogP) is 1.66. The van der Waals surface area contributed by atoms with Gasteiger partial charge in [0, 0.05) is 24.2 Å². The van der Waals surface area contributed by atoms with Crippen molar-refractivity contribution in [3.8, 4) is 11.5 Å². The largest absolute Gasteiger partial charge is 0.508 e. The van der Waals surface area contributed by atoms with Gasteiger partial charge in [-0.2, -0.15) is 0 Å². The Morgan fingerprint density at radius 2 is 2.11 bits per heavy atom. The first-order valence-corrected chi connectivity index (χ1v) is 6.53. The Morgan fingerprint density at radius 1 is 1.33 bits per heavy atom. The highest BCUT2D eigenvalue weighted by molar-refractivity contribution is 5.38. The number of hydrogen-bond donors (Lipinski definition) is 3. The summed E-state index contributed by atoms with van der Waals surface area (Å²) in [5, 5.41) is 19.1. The minimum absolute atomic E-state index is 0.0969. The molecule has 1 aliphatic carbocycles. The van der Waals surface area contributed by atoms with Crippen molar-refractivity contribution in [2.75, 3.05) is 13.6 Å². The summed E-state index contributed by atoms with van der Waals surface area (Å²) in [7, 11) is 2.07. The fourth-order valence-corrected chi connectivity index (χ4v) is 2.94. The third-order valence-electron chi connectivity index (χ3n) is 3.98. The summed E-state index contributed by atoms with van der Waals surface area (Å²) in [5.74, 6) is 0.818. The lowest BCUT2D eigenvalue weighted by molar-refractivity contribution is 0.191. The first-order chi connectivity index (χ1) is 8.61. The van der Waals surface area contributed by atoms with Crippen LogP contribution in [0.2, 0.25) is 0 Å². The molecule has 100 valence electrons. The molecule has 2 unspecified atom stereocenters. The average Bonchev–Trinajstić information content (AvgIpc) is 2.81. The Bertz CT molecular complexity index is 409. The first-order valence-electron chi connectivity index (χ1n) is 6.53. The van der Waals surface area contributed by atoms with Crippen LogP contribution in [-0.4, -0.2) is 34.7 Å². The molecule has 1 aromatic rings. The molecule has 0 amide bonds. The molecule has 0 radical (unpaired) electrons. The van der Waals surface area contributed by atoms with E-state index in [1.807, 2.05) is 0 Å². The molecule has 4 nitrogen and oxygen atoms in total. The monoisotopic (exact) mass is 250 g/mol. The normalized spacial score (nSPS) is 23.7. The van der Waals surface area contributed by atoms with Crippen molar-refractivity contribution in [2.24, 2.45) is 11.7 Å². The minimum Gasteiger partial charge on any atom is -0.508 e. The average molecular weight is 250 g/mol. The van der Waals surface area contributed by atoms with Crippen molar-refractivity contribution in [1.82, 2.24) is 4.90 Å². The highest BCUT2D eigenvalue weighted by Crippen LogP contribution is 2.31. The SMILES string of the molecule is CN(Cc1ccc(O)cc1O)C1CCCC1CN. The van der Waals surface area contributed by atoms with Crippen LogP contribution in [0.1, 0.15) is 24.8 Å². The third-order valence-corrected chi connectivity index (χ3v) is 3.98. The van der Waals surface area contributed by atoms with Gasteiger partial charge >= 0.3 is 0 Å². The van der Waals surface area contributed by atoms with Crippen LogP contribution in [-0.2, 0) is 6.54 Å². The van der Waals surface area contributed by atoms with Gasteiger partial charge in [0.1, 0.15) is 11.5 Å². The lowest BCUT2D eigenvalue weighted by Crippen LogP contribution is -2.37. The standard InChI is InChI=1S/C14H22N2O2/c1-16(13-4-2-3-10(13)8-15)9-11-5-6-12(17)7-14(11)18/h5-7,10,13,17-18H,2-4,8-9,15H2,1H3. The van der Waals surface area contributed by atoms with Gasteiger partial charge in [0.2, 0.25) is 0 Å². The van der Waals surface area contributed by atoms with E-state index in [9.17, 15) is 10.2 Å². The predicted molar refractivity (Wildman–Crippen MR) is 71.4 cm³/mol. The summed E-state index contributed by atoms with van der Waals surface area (Å²) in [6.45, 7) is 1.42. The smallest absolute Gasteiger partial charge is 0.123 e. The van der Waals surface area contributed by atoms with Crippen LogP contribution in [0.3, 0.4) is 0 Å². The molecule has 18 heavy (non-hydrogen) atoms. The van der Waals surface area contributed by atoms with E-state index in [0.717, 1.165) is 12.1 Å². The van der Waals surface area contributed by atoms with E-state index >= 15 is 0 Å². The van der Waals surface area contributed by atoms with Crippen LogP contribution >= 0.6 is 0 Å². The zero-order valence-corrected chi connectivity index (χ0v) is 10.8. The van der Waals surface area contributed by atoms with Crippen LogP contribution in [0.5, 0.6) is 11.5 Å². The zero-order valence-electron chi connectivity index (χ0n) is 10.8. The number of benzene rings is 1. The number of phenols is 2. The second kappa shape index (κ2) is 5.59. The molecule has 0 bridgehead atoms. The molecule has 4 heteroatoms. The molecule has 0 aliphatic heterocycles. The summed E-state index contributed by atoms with van der Waals surface area (Å²) in [4.78, 5) is 2.26. The maximum atomic E-state index is 9.79. The molecular weight excluding hydrogens is 228 g/mol. The van der Waals surface area contributed by atoms with Crippen molar-refractivity contribution in [1.29, 1.82) is 0 Å². The Balaban J connectivity index is 2.04. The summed E-state index contributed by atoms with van der Waals surface area (Å²) >= 11 is 0. The van der Waals surface area contributed by atoms with Gasteiger partial charge in [-0.25, -0.2) is 0 Å². The van der Waals surface area contributed by atoms with Gasteiger partial charge in [0.25, 0.3) is 0 Å². The molecule has 2 rings (SSSR count). The Kier molecular flexibility index (Phi) is 4.09. The summed E-state index contributed by atoms with van der Waals surface area (Å²) < 4.78 is 0. The number of phenolic OH excluding ortho intramolecular Hbond substituents is 2. The van der Waals surface area contributed by atoms with Gasteiger partial charge in [0.15, 0.2) is 0 Å². The van der Waals surface area contributed by atoms with Crippen LogP contribution in [0.25, 0.3) is 0 Å². The van der Waals surface area contributed by atoms with Crippen LogP contribution in [0.15, 0.2) is 18.2 Å². The number of nitrogens with zero attached hydrogens (tertiary/aromatic N) is 1. The molecular formula is C14H22N2O2. The van der Waals surface area contributed by atoms with E-state index < -0.39 is 0 Å².